The Morgan fingerprint density at radius 1 is 1.38 bits per heavy atom. The van der Waals surface area contributed by atoms with Crippen LogP contribution in [0.5, 0.6) is 0 Å². The molecule has 0 saturated carbocycles. The summed E-state index contributed by atoms with van der Waals surface area (Å²) in [7, 11) is 0. The maximum atomic E-state index is 12.9. The molecular weight excluding hydrogens is 305 g/mol. The van der Waals surface area contributed by atoms with Gasteiger partial charge < -0.3 is 10.3 Å². The molecule has 0 saturated heterocycles. The van der Waals surface area contributed by atoms with Crippen molar-refractivity contribution in [2.24, 2.45) is 0 Å². The largest absolute Gasteiger partial charge is 0.416 e. The van der Waals surface area contributed by atoms with Crippen LogP contribution >= 0.6 is 11.8 Å². The van der Waals surface area contributed by atoms with Crippen molar-refractivity contribution in [1.29, 1.82) is 0 Å². The predicted molar refractivity (Wildman–Crippen MR) is 72.4 cm³/mol. The third-order valence-corrected chi connectivity index (χ3v) is 3.16. The molecule has 0 aliphatic heterocycles. The summed E-state index contributed by atoms with van der Waals surface area (Å²) in [6, 6.07) is 3.07. The minimum atomic E-state index is -4.47. The number of alkyl halides is 3. The summed E-state index contributed by atoms with van der Waals surface area (Å²) >= 11 is 0.854. The number of halogens is 3. The van der Waals surface area contributed by atoms with E-state index in [9.17, 15) is 18.0 Å². The number of hydrogen-bond donors (Lipinski definition) is 2. The van der Waals surface area contributed by atoms with Crippen molar-refractivity contribution < 1.29 is 13.2 Å². The van der Waals surface area contributed by atoms with Crippen molar-refractivity contribution >= 4 is 17.6 Å². The number of nitrogens with zero attached hydrogens (tertiary/aromatic N) is 2. The standard InChI is InChI=1S/C12H11F3N4OS/c1-2-16-8-5-7(12(13,14)15)6-10(18-8)21-11-17-4-3-9(20)19-11/h3-6H,2H2,1H3,(H,16,18)(H,17,19,20). The van der Waals surface area contributed by atoms with Crippen molar-refractivity contribution in [2.75, 3.05) is 11.9 Å². The van der Waals surface area contributed by atoms with Crippen LogP contribution in [0.2, 0.25) is 0 Å². The van der Waals surface area contributed by atoms with E-state index in [1.807, 2.05) is 0 Å². The van der Waals surface area contributed by atoms with E-state index >= 15 is 0 Å². The molecule has 0 atom stereocenters. The minimum absolute atomic E-state index is 0.0927. The maximum absolute atomic E-state index is 12.9. The number of nitrogens with one attached hydrogen (secondary N) is 2. The average molecular weight is 316 g/mol. The molecule has 2 rings (SSSR count). The molecule has 0 aliphatic rings. The molecule has 0 unspecified atom stereocenters. The number of pyridine rings is 1. The van der Waals surface area contributed by atoms with E-state index in [4.69, 9.17) is 0 Å². The molecular formula is C12H11F3N4OS. The topological polar surface area (TPSA) is 70.7 Å². The molecule has 0 radical (unpaired) electrons. The Labute approximate surface area is 122 Å². The lowest BCUT2D eigenvalue weighted by Gasteiger charge is -2.11. The molecule has 0 spiro atoms. The first-order chi connectivity index (χ1) is 9.88. The van der Waals surface area contributed by atoms with E-state index in [0.29, 0.717) is 6.54 Å². The first-order valence-corrected chi connectivity index (χ1v) is 6.76. The summed E-state index contributed by atoms with van der Waals surface area (Å²) in [6.45, 7) is 2.20. The molecule has 112 valence electrons. The number of H-pyrrole nitrogens is 1. The first kappa shape index (κ1) is 15.4. The fourth-order valence-electron chi connectivity index (χ4n) is 1.50. The minimum Gasteiger partial charge on any atom is -0.370 e. The smallest absolute Gasteiger partial charge is 0.370 e. The van der Waals surface area contributed by atoms with E-state index in [0.717, 1.165) is 23.9 Å². The van der Waals surface area contributed by atoms with E-state index in [-0.39, 0.29) is 21.6 Å². The Balaban J connectivity index is 2.38. The number of aromatic nitrogens is 3. The van der Waals surface area contributed by atoms with Crippen molar-refractivity contribution in [3.63, 3.8) is 0 Å². The summed E-state index contributed by atoms with van der Waals surface area (Å²) in [5.74, 6) is 0.119. The fraction of sp³-hybridized carbons (Fsp3) is 0.250. The second kappa shape index (κ2) is 6.17. The molecule has 5 nitrogen and oxygen atoms in total. The zero-order valence-corrected chi connectivity index (χ0v) is 11.7. The van der Waals surface area contributed by atoms with Gasteiger partial charge >= 0.3 is 6.18 Å². The van der Waals surface area contributed by atoms with E-state index < -0.39 is 11.7 Å². The van der Waals surface area contributed by atoms with Gasteiger partial charge in [-0.15, -0.1) is 0 Å². The summed E-state index contributed by atoms with van der Waals surface area (Å²) in [6.07, 6.45) is -3.19. The van der Waals surface area contributed by atoms with Crippen LogP contribution in [0.4, 0.5) is 19.0 Å². The van der Waals surface area contributed by atoms with Gasteiger partial charge in [-0.2, -0.15) is 13.2 Å². The Hall–Kier alpha value is -2.03. The summed E-state index contributed by atoms with van der Waals surface area (Å²) < 4.78 is 38.6. The van der Waals surface area contributed by atoms with Crippen LogP contribution < -0.4 is 10.9 Å². The normalized spacial score (nSPS) is 11.4. The van der Waals surface area contributed by atoms with Crippen LogP contribution in [0.1, 0.15) is 12.5 Å². The Bertz CT molecular complexity index is 687. The third kappa shape index (κ3) is 4.22. The highest BCUT2D eigenvalue weighted by molar-refractivity contribution is 7.99. The predicted octanol–water partition coefficient (Wildman–Crippen LogP) is 2.77. The third-order valence-electron chi connectivity index (χ3n) is 2.34. The van der Waals surface area contributed by atoms with Gasteiger partial charge in [0.1, 0.15) is 10.8 Å². The molecule has 0 amide bonds. The maximum Gasteiger partial charge on any atom is 0.416 e. The highest BCUT2D eigenvalue weighted by atomic mass is 32.2. The number of anilines is 1. The van der Waals surface area contributed by atoms with E-state index in [2.05, 4.69) is 20.3 Å². The quantitative estimate of drug-likeness (QED) is 0.849. The average Bonchev–Trinajstić information content (AvgIpc) is 2.37. The number of aromatic amines is 1. The lowest BCUT2D eigenvalue weighted by atomic mass is 10.2. The van der Waals surface area contributed by atoms with Crippen LogP contribution in [-0.4, -0.2) is 21.5 Å². The van der Waals surface area contributed by atoms with Gasteiger partial charge in [0, 0.05) is 18.8 Å². The Morgan fingerprint density at radius 2 is 2.14 bits per heavy atom. The van der Waals surface area contributed by atoms with Gasteiger partial charge in [0.25, 0.3) is 5.56 Å². The monoisotopic (exact) mass is 316 g/mol. The summed E-state index contributed by atoms with van der Waals surface area (Å²) in [5.41, 5.74) is -1.19. The highest BCUT2D eigenvalue weighted by Gasteiger charge is 2.31. The molecule has 2 aromatic heterocycles. The second-order valence-corrected chi connectivity index (χ2v) is 4.96. The molecule has 2 heterocycles. The Morgan fingerprint density at radius 3 is 2.76 bits per heavy atom. The number of hydrogen-bond acceptors (Lipinski definition) is 5. The van der Waals surface area contributed by atoms with Crippen molar-refractivity contribution in [1.82, 2.24) is 15.0 Å². The van der Waals surface area contributed by atoms with Crippen LogP contribution in [0.3, 0.4) is 0 Å². The van der Waals surface area contributed by atoms with Crippen molar-refractivity contribution in [3.8, 4) is 0 Å². The van der Waals surface area contributed by atoms with Crippen LogP contribution in [-0.2, 0) is 6.18 Å². The molecule has 0 bridgehead atoms. The summed E-state index contributed by atoms with van der Waals surface area (Å²) in [4.78, 5) is 21.5. The SMILES string of the molecule is CCNc1cc(C(F)(F)F)cc(Sc2nccc(=O)[nH]2)n1. The molecule has 0 aliphatic carbocycles. The summed E-state index contributed by atoms with van der Waals surface area (Å²) in [5, 5.41) is 3.01. The van der Waals surface area contributed by atoms with Gasteiger partial charge in [-0.3, -0.25) is 4.79 Å². The van der Waals surface area contributed by atoms with Gasteiger partial charge in [-0.25, -0.2) is 9.97 Å². The lowest BCUT2D eigenvalue weighted by molar-refractivity contribution is -0.137. The van der Waals surface area contributed by atoms with Gasteiger partial charge in [-0.05, 0) is 30.8 Å². The van der Waals surface area contributed by atoms with Crippen LogP contribution in [0, 0.1) is 0 Å². The van der Waals surface area contributed by atoms with Crippen molar-refractivity contribution in [3.05, 3.63) is 40.3 Å². The van der Waals surface area contributed by atoms with E-state index in [1.54, 1.807) is 6.92 Å². The fourth-order valence-corrected chi connectivity index (χ4v) is 2.29. The molecule has 0 fully saturated rings. The molecule has 2 N–H and O–H groups in total. The zero-order chi connectivity index (χ0) is 15.5. The highest BCUT2D eigenvalue weighted by Crippen LogP contribution is 2.34. The zero-order valence-electron chi connectivity index (χ0n) is 10.9. The van der Waals surface area contributed by atoms with Gasteiger partial charge in [0.2, 0.25) is 0 Å². The number of rotatable bonds is 4. The Kier molecular flexibility index (Phi) is 4.51. The second-order valence-electron chi connectivity index (χ2n) is 3.95. The molecule has 21 heavy (non-hydrogen) atoms. The molecule has 9 heteroatoms. The van der Waals surface area contributed by atoms with Crippen LogP contribution in [0.15, 0.2) is 39.4 Å². The van der Waals surface area contributed by atoms with E-state index in [1.165, 1.54) is 12.3 Å². The molecule has 0 aromatic carbocycles. The van der Waals surface area contributed by atoms with Gasteiger partial charge in [0.15, 0.2) is 5.16 Å². The van der Waals surface area contributed by atoms with Gasteiger partial charge in [-0.1, -0.05) is 0 Å². The van der Waals surface area contributed by atoms with Crippen molar-refractivity contribution in [2.45, 2.75) is 23.3 Å². The van der Waals surface area contributed by atoms with Crippen LogP contribution in [0.25, 0.3) is 0 Å². The van der Waals surface area contributed by atoms with Gasteiger partial charge in [0.05, 0.1) is 5.56 Å². The lowest BCUT2D eigenvalue weighted by Crippen LogP contribution is -2.09. The molecule has 2 aromatic rings. The first-order valence-electron chi connectivity index (χ1n) is 5.95.